The summed E-state index contributed by atoms with van der Waals surface area (Å²) in [7, 11) is 0. The highest BCUT2D eigenvalue weighted by molar-refractivity contribution is 5.84. The fourth-order valence-corrected chi connectivity index (χ4v) is 2.78. The van der Waals surface area contributed by atoms with Gasteiger partial charge in [-0.15, -0.1) is 0 Å². The number of aromatic nitrogens is 1. The molecule has 1 fully saturated rings. The Kier molecular flexibility index (Phi) is 4.16. The average Bonchev–Trinajstić information content (AvgIpc) is 2.37. The summed E-state index contributed by atoms with van der Waals surface area (Å²) < 4.78 is 26.6. The van der Waals surface area contributed by atoms with Crippen molar-refractivity contribution in [2.75, 3.05) is 18.0 Å². The van der Waals surface area contributed by atoms with E-state index in [4.69, 9.17) is 0 Å². The summed E-state index contributed by atoms with van der Waals surface area (Å²) in [4.78, 5) is 19.6. The Labute approximate surface area is 123 Å². The number of carbonyl (C=O) groups is 1. The van der Waals surface area contributed by atoms with Gasteiger partial charge in [-0.1, -0.05) is 6.07 Å². The first-order chi connectivity index (χ1) is 9.70. The lowest BCUT2D eigenvalue weighted by atomic mass is 10.1. The molecule has 0 N–H and O–H groups in total. The van der Waals surface area contributed by atoms with Crippen LogP contribution in [0, 0.1) is 6.92 Å². The van der Waals surface area contributed by atoms with Crippen LogP contribution in [-0.4, -0.2) is 46.9 Å². The van der Waals surface area contributed by atoms with E-state index in [9.17, 15) is 13.6 Å². The van der Waals surface area contributed by atoms with Gasteiger partial charge < -0.3 is 9.80 Å². The lowest BCUT2D eigenvalue weighted by Gasteiger charge is -2.45. The monoisotopic (exact) mass is 297 g/mol. The highest BCUT2D eigenvalue weighted by Crippen LogP contribution is 2.25. The van der Waals surface area contributed by atoms with E-state index in [1.807, 2.05) is 24.0 Å². The molecular formula is C15H21F2N3O. The molecule has 2 heterocycles. The second-order valence-corrected chi connectivity index (χ2v) is 5.90. The van der Waals surface area contributed by atoms with Gasteiger partial charge in [0.1, 0.15) is 5.82 Å². The lowest BCUT2D eigenvalue weighted by Crippen LogP contribution is -2.61. The second-order valence-electron chi connectivity index (χ2n) is 5.90. The number of pyridine rings is 1. The van der Waals surface area contributed by atoms with Gasteiger partial charge in [0.05, 0.1) is 0 Å². The first-order valence-electron chi connectivity index (χ1n) is 7.08. The Hall–Kier alpha value is -1.72. The predicted molar refractivity (Wildman–Crippen MR) is 77.6 cm³/mol. The van der Waals surface area contributed by atoms with Gasteiger partial charge >= 0.3 is 5.92 Å². The topological polar surface area (TPSA) is 36.4 Å². The molecule has 0 radical (unpaired) electrons. The number of hydrogen-bond acceptors (Lipinski definition) is 3. The summed E-state index contributed by atoms with van der Waals surface area (Å²) in [6.07, 6.45) is 1.78. The quantitative estimate of drug-likeness (QED) is 0.841. The lowest BCUT2D eigenvalue weighted by molar-refractivity contribution is -0.160. The molecule has 2 unspecified atom stereocenters. The van der Waals surface area contributed by atoms with Crippen molar-refractivity contribution in [2.24, 2.45) is 0 Å². The molecule has 2 rings (SSSR count). The highest BCUT2D eigenvalue weighted by Gasteiger charge is 2.43. The molecule has 4 nitrogen and oxygen atoms in total. The molecule has 0 aliphatic carbocycles. The van der Waals surface area contributed by atoms with Gasteiger partial charge in [-0.05, 0) is 32.4 Å². The number of nitrogens with zero attached hydrogens (tertiary/aromatic N) is 3. The first kappa shape index (κ1) is 15.7. The van der Waals surface area contributed by atoms with Crippen molar-refractivity contribution in [1.82, 2.24) is 9.88 Å². The summed E-state index contributed by atoms with van der Waals surface area (Å²) >= 11 is 0. The molecule has 21 heavy (non-hydrogen) atoms. The first-order valence-corrected chi connectivity index (χ1v) is 7.08. The molecule has 1 aliphatic rings. The maximum absolute atomic E-state index is 13.3. The average molecular weight is 297 g/mol. The summed E-state index contributed by atoms with van der Waals surface area (Å²) in [5.74, 6) is -3.61. The second kappa shape index (κ2) is 5.58. The van der Waals surface area contributed by atoms with Crippen molar-refractivity contribution in [2.45, 2.75) is 45.7 Å². The largest absolute Gasteiger partial charge is 0.353 e. The van der Waals surface area contributed by atoms with Gasteiger partial charge in [0.2, 0.25) is 0 Å². The third kappa shape index (κ3) is 3.31. The normalized spacial score (nSPS) is 23.3. The fraction of sp³-hybridized carbons (Fsp3) is 0.600. The number of aryl methyl sites for hydroxylation is 1. The Morgan fingerprint density at radius 2 is 1.86 bits per heavy atom. The van der Waals surface area contributed by atoms with Gasteiger partial charge in [0, 0.05) is 38.3 Å². The maximum Gasteiger partial charge on any atom is 0.322 e. The molecule has 116 valence electrons. The van der Waals surface area contributed by atoms with Crippen LogP contribution in [0.2, 0.25) is 0 Å². The van der Waals surface area contributed by atoms with Gasteiger partial charge in [-0.3, -0.25) is 4.79 Å². The molecule has 2 atom stereocenters. The van der Waals surface area contributed by atoms with Crippen molar-refractivity contribution >= 4 is 11.7 Å². The SMILES string of the molecule is Cc1ccc(N2CC(C)N(C(=O)C(C)(F)F)C(C)C2)nc1. The van der Waals surface area contributed by atoms with E-state index >= 15 is 0 Å². The Bertz CT molecular complexity index is 501. The standard InChI is InChI=1S/C15H21F2N3O/c1-10-5-6-13(18-7-10)19-8-11(2)20(12(3)9-19)14(21)15(4,16)17/h5-7,11-12H,8-9H2,1-4H3. The van der Waals surface area contributed by atoms with Gasteiger partial charge in [-0.25, -0.2) is 4.98 Å². The Morgan fingerprint density at radius 1 is 1.29 bits per heavy atom. The van der Waals surface area contributed by atoms with Gasteiger partial charge in [-0.2, -0.15) is 8.78 Å². The van der Waals surface area contributed by atoms with E-state index in [0.29, 0.717) is 20.0 Å². The number of halogens is 2. The van der Waals surface area contributed by atoms with Crippen molar-refractivity contribution in [1.29, 1.82) is 0 Å². The summed E-state index contributed by atoms with van der Waals surface area (Å²) in [6.45, 7) is 7.20. The van der Waals surface area contributed by atoms with Crippen LogP contribution in [0.3, 0.4) is 0 Å². The van der Waals surface area contributed by atoms with E-state index in [1.54, 1.807) is 20.0 Å². The minimum absolute atomic E-state index is 0.282. The number of rotatable bonds is 2. The minimum Gasteiger partial charge on any atom is -0.353 e. The number of piperazine rings is 1. The number of anilines is 1. The number of amides is 1. The summed E-state index contributed by atoms with van der Waals surface area (Å²) in [5.41, 5.74) is 1.07. The zero-order chi connectivity index (χ0) is 15.8. The van der Waals surface area contributed by atoms with Crippen LogP contribution in [-0.2, 0) is 4.79 Å². The molecule has 0 spiro atoms. The molecule has 1 saturated heterocycles. The third-order valence-electron chi connectivity index (χ3n) is 3.75. The smallest absolute Gasteiger partial charge is 0.322 e. The highest BCUT2D eigenvalue weighted by atomic mass is 19.3. The number of carbonyl (C=O) groups excluding carboxylic acids is 1. The van der Waals surface area contributed by atoms with Crippen LogP contribution in [0.25, 0.3) is 0 Å². The van der Waals surface area contributed by atoms with Crippen molar-refractivity contribution < 1.29 is 13.6 Å². The van der Waals surface area contributed by atoms with E-state index in [0.717, 1.165) is 11.4 Å². The maximum atomic E-state index is 13.3. The molecule has 1 aliphatic heterocycles. The number of hydrogen-bond donors (Lipinski definition) is 0. The molecule has 0 aromatic carbocycles. The van der Waals surface area contributed by atoms with Crippen LogP contribution < -0.4 is 4.90 Å². The minimum atomic E-state index is -3.33. The van der Waals surface area contributed by atoms with E-state index < -0.39 is 11.8 Å². The molecule has 0 saturated carbocycles. The van der Waals surface area contributed by atoms with Crippen LogP contribution >= 0.6 is 0 Å². The molecule has 1 aromatic rings. The van der Waals surface area contributed by atoms with Crippen LogP contribution in [0.1, 0.15) is 26.3 Å². The van der Waals surface area contributed by atoms with Gasteiger partial charge in [0.15, 0.2) is 0 Å². The van der Waals surface area contributed by atoms with Crippen molar-refractivity contribution in [3.63, 3.8) is 0 Å². The van der Waals surface area contributed by atoms with Crippen LogP contribution in [0.4, 0.5) is 14.6 Å². The molecular weight excluding hydrogens is 276 g/mol. The molecule has 1 aromatic heterocycles. The van der Waals surface area contributed by atoms with Gasteiger partial charge in [0.25, 0.3) is 5.91 Å². The van der Waals surface area contributed by atoms with Crippen molar-refractivity contribution in [3.8, 4) is 0 Å². The molecule has 1 amide bonds. The van der Waals surface area contributed by atoms with Crippen LogP contribution in [0.15, 0.2) is 18.3 Å². The zero-order valence-electron chi connectivity index (χ0n) is 12.8. The summed E-state index contributed by atoms with van der Waals surface area (Å²) in [6, 6.07) is 3.32. The van der Waals surface area contributed by atoms with Crippen molar-refractivity contribution in [3.05, 3.63) is 23.9 Å². The Morgan fingerprint density at radius 3 is 2.29 bits per heavy atom. The van der Waals surface area contributed by atoms with E-state index in [1.165, 1.54) is 4.90 Å². The summed E-state index contributed by atoms with van der Waals surface area (Å²) in [5, 5.41) is 0. The third-order valence-corrected chi connectivity index (χ3v) is 3.75. The molecule has 0 bridgehead atoms. The fourth-order valence-electron chi connectivity index (χ4n) is 2.78. The predicted octanol–water partition coefficient (Wildman–Crippen LogP) is 2.47. The zero-order valence-corrected chi connectivity index (χ0v) is 12.8. The Balaban J connectivity index is 2.15. The van der Waals surface area contributed by atoms with Crippen LogP contribution in [0.5, 0.6) is 0 Å². The van der Waals surface area contributed by atoms with E-state index in [-0.39, 0.29) is 12.1 Å². The molecule has 6 heteroatoms. The van der Waals surface area contributed by atoms with E-state index in [2.05, 4.69) is 4.98 Å². The number of alkyl halides is 2.